The van der Waals surface area contributed by atoms with E-state index in [9.17, 15) is 4.79 Å². The number of carbonyl (C=O) groups is 1. The van der Waals surface area contributed by atoms with Crippen LogP contribution < -0.4 is 5.32 Å². The summed E-state index contributed by atoms with van der Waals surface area (Å²) in [4.78, 5) is 15.6. The highest BCUT2D eigenvalue weighted by Crippen LogP contribution is 2.19. The van der Waals surface area contributed by atoms with Crippen LogP contribution >= 0.6 is 0 Å². The number of hydrogen-bond acceptors (Lipinski definition) is 3. The van der Waals surface area contributed by atoms with Crippen LogP contribution in [0.2, 0.25) is 0 Å². The maximum atomic E-state index is 11.4. The standard InChI is InChI=1S/C17H27N3O/c1-14(21)20(3)13-15-8-4-5-10-17(15)18-12-16-9-6-7-11-19(16)2/h4-5,8,10,16,18H,6-7,9,11-13H2,1-3H3. The fraction of sp³-hybridized carbons (Fsp3) is 0.588. The van der Waals surface area contributed by atoms with Crippen molar-refractivity contribution in [3.63, 3.8) is 0 Å². The van der Waals surface area contributed by atoms with Gasteiger partial charge in [-0.25, -0.2) is 0 Å². The van der Waals surface area contributed by atoms with Crippen molar-refractivity contribution in [2.45, 2.75) is 38.8 Å². The Morgan fingerprint density at radius 3 is 2.86 bits per heavy atom. The second-order valence-corrected chi connectivity index (χ2v) is 6.04. The number of para-hydroxylation sites is 1. The Labute approximate surface area is 128 Å². The molecule has 1 aromatic rings. The molecule has 21 heavy (non-hydrogen) atoms. The highest BCUT2D eigenvalue weighted by Gasteiger charge is 2.18. The first-order valence-electron chi connectivity index (χ1n) is 7.81. The minimum Gasteiger partial charge on any atom is -0.383 e. The summed E-state index contributed by atoms with van der Waals surface area (Å²) in [6, 6.07) is 8.88. The molecule has 1 unspecified atom stereocenters. The second kappa shape index (κ2) is 7.46. The van der Waals surface area contributed by atoms with Crippen LogP contribution in [-0.2, 0) is 11.3 Å². The van der Waals surface area contributed by atoms with E-state index in [1.807, 2.05) is 19.2 Å². The van der Waals surface area contributed by atoms with Crippen molar-refractivity contribution in [3.8, 4) is 0 Å². The Balaban J connectivity index is 1.97. The lowest BCUT2D eigenvalue weighted by Gasteiger charge is -2.33. The van der Waals surface area contributed by atoms with E-state index in [-0.39, 0.29) is 5.91 Å². The molecule has 1 heterocycles. The van der Waals surface area contributed by atoms with E-state index in [0.717, 1.165) is 12.2 Å². The average molecular weight is 289 g/mol. The van der Waals surface area contributed by atoms with E-state index in [4.69, 9.17) is 0 Å². The lowest BCUT2D eigenvalue weighted by Crippen LogP contribution is -2.40. The molecular weight excluding hydrogens is 262 g/mol. The maximum Gasteiger partial charge on any atom is 0.219 e. The summed E-state index contributed by atoms with van der Waals surface area (Å²) in [6.45, 7) is 4.42. The molecule has 1 atom stereocenters. The number of hydrogen-bond donors (Lipinski definition) is 1. The maximum absolute atomic E-state index is 11.4. The number of anilines is 1. The number of rotatable bonds is 5. The SMILES string of the molecule is CC(=O)N(C)Cc1ccccc1NCC1CCCCN1C. The minimum atomic E-state index is 0.0943. The number of piperidine rings is 1. The minimum absolute atomic E-state index is 0.0943. The number of carbonyl (C=O) groups excluding carboxylic acids is 1. The molecule has 0 bridgehead atoms. The molecular formula is C17H27N3O. The molecule has 2 rings (SSSR count). The molecule has 1 aliphatic rings. The summed E-state index contributed by atoms with van der Waals surface area (Å²) in [6.07, 6.45) is 3.90. The summed E-state index contributed by atoms with van der Waals surface area (Å²) in [5, 5.41) is 3.58. The Morgan fingerprint density at radius 2 is 2.14 bits per heavy atom. The molecule has 4 heteroatoms. The fourth-order valence-corrected chi connectivity index (χ4v) is 2.83. The van der Waals surface area contributed by atoms with Crippen molar-refractivity contribution in [1.29, 1.82) is 0 Å². The third-order valence-electron chi connectivity index (χ3n) is 4.41. The van der Waals surface area contributed by atoms with Crippen molar-refractivity contribution < 1.29 is 4.79 Å². The number of likely N-dealkylation sites (tertiary alicyclic amines) is 1. The number of nitrogens with one attached hydrogen (secondary N) is 1. The lowest BCUT2D eigenvalue weighted by atomic mass is 10.0. The first-order chi connectivity index (χ1) is 10.1. The van der Waals surface area contributed by atoms with Crippen LogP contribution in [0.25, 0.3) is 0 Å². The first-order valence-corrected chi connectivity index (χ1v) is 7.81. The van der Waals surface area contributed by atoms with Gasteiger partial charge in [-0.15, -0.1) is 0 Å². The number of nitrogens with zero attached hydrogens (tertiary/aromatic N) is 2. The highest BCUT2D eigenvalue weighted by atomic mass is 16.2. The zero-order valence-corrected chi connectivity index (χ0v) is 13.4. The van der Waals surface area contributed by atoms with E-state index in [1.54, 1.807) is 11.8 Å². The topological polar surface area (TPSA) is 35.6 Å². The summed E-state index contributed by atoms with van der Waals surface area (Å²) in [5.74, 6) is 0.0943. The molecule has 1 fully saturated rings. The zero-order valence-electron chi connectivity index (χ0n) is 13.4. The Hall–Kier alpha value is -1.55. The number of benzene rings is 1. The van der Waals surface area contributed by atoms with Crippen LogP contribution in [0.15, 0.2) is 24.3 Å². The molecule has 0 aromatic heterocycles. The van der Waals surface area contributed by atoms with Crippen molar-refractivity contribution in [1.82, 2.24) is 9.80 Å². The van der Waals surface area contributed by atoms with Gasteiger partial charge >= 0.3 is 0 Å². The van der Waals surface area contributed by atoms with E-state index in [0.29, 0.717) is 12.6 Å². The zero-order chi connectivity index (χ0) is 15.2. The third kappa shape index (κ3) is 4.46. The lowest BCUT2D eigenvalue weighted by molar-refractivity contribution is -0.128. The molecule has 1 aliphatic heterocycles. The molecule has 0 aliphatic carbocycles. The molecule has 0 spiro atoms. The van der Waals surface area contributed by atoms with Crippen LogP contribution in [0.1, 0.15) is 31.7 Å². The van der Waals surface area contributed by atoms with E-state index in [2.05, 4.69) is 29.4 Å². The van der Waals surface area contributed by atoms with Crippen LogP contribution in [0.4, 0.5) is 5.69 Å². The van der Waals surface area contributed by atoms with E-state index >= 15 is 0 Å². The van der Waals surface area contributed by atoms with Gasteiger partial charge in [0.2, 0.25) is 5.91 Å². The molecule has 1 N–H and O–H groups in total. The summed E-state index contributed by atoms with van der Waals surface area (Å²) in [7, 11) is 4.05. The second-order valence-electron chi connectivity index (χ2n) is 6.04. The Morgan fingerprint density at radius 1 is 1.38 bits per heavy atom. The number of amides is 1. The molecule has 1 amide bonds. The van der Waals surface area contributed by atoms with Crippen LogP contribution in [0, 0.1) is 0 Å². The predicted octanol–water partition coefficient (Wildman–Crippen LogP) is 2.56. The summed E-state index contributed by atoms with van der Waals surface area (Å²) >= 11 is 0. The largest absolute Gasteiger partial charge is 0.383 e. The fourth-order valence-electron chi connectivity index (χ4n) is 2.83. The van der Waals surface area contributed by atoms with Crippen LogP contribution in [0.3, 0.4) is 0 Å². The Kier molecular flexibility index (Phi) is 5.62. The van der Waals surface area contributed by atoms with Gasteiger partial charge in [0.05, 0.1) is 0 Å². The third-order valence-corrected chi connectivity index (χ3v) is 4.41. The van der Waals surface area contributed by atoms with Crippen molar-refractivity contribution in [2.75, 3.05) is 32.5 Å². The average Bonchev–Trinajstić information content (AvgIpc) is 2.47. The van der Waals surface area contributed by atoms with Gasteiger partial charge in [-0.3, -0.25) is 4.79 Å². The van der Waals surface area contributed by atoms with Gasteiger partial charge in [0.15, 0.2) is 0 Å². The van der Waals surface area contributed by atoms with Gasteiger partial charge in [-0.2, -0.15) is 0 Å². The first kappa shape index (κ1) is 15.8. The van der Waals surface area contributed by atoms with E-state index < -0.39 is 0 Å². The van der Waals surface area contributed by atoms with E-state index in [1.165, 1.54) is 31.4 Å². The van der Waals surface area contributed by atoms with Crippen LogP contribution in [0.5, 0.6) is 0 Å². The molecule has 4 nitrogen and oxygen atoms in total. The smallest absolute Gasteiger partial charge is 0.219 e. The van der Waals surface area contributed by atoms with Crippen molar-refractivity contribution in [2.24, 2.45) is 0 Å². The molecule has 1 saturated heterocycles. The van der Waals surface area contributed by atoms with Crippen molar-refractivity contribution >= 4 is 11.6 Å². The monoisotopic (exact) mass is 289 g/mol. The molecule has 0 radical (unpaired) electrons. The Bertz CT molecular complexity index is 475. The van der Waals surface area contributed by atoms with Gasteiger partial charge in [-0.1, -0.05) is 24.6 Å². The van der Waals surface area contributed by atoms with Gasteiger partial charge in [0.25, 0.3) is 0 Å². The predicted molar refractivity (Wildman–Crippen MR) is 87.3 cm³/mol. The number of likely N-dealkylation sites (N-methyl/N-ethyl adjacent to an activating group) is 1. The van der Waals surface area contributed by atoms with Gasteiger partial charge < -0.3 is 15.1 Å². The normalized spacial score (nSPS) is 19.3. The summed E-state index contributed by atoms with van der Waals surface area (Å²) < 4.78 is 0. The molecule has 1 aromatic carbocycles. The van der Waals surface area contributed by atoms with Crippen LogP contribution in [-0.4, -0.2) is 48.9 Å². The van der Waals surface area contributed by atoms with Gasteiger partial charge in [-0.05, 0) is 38.1 Å². The molecule has 116 valence electrons. The van der Waals surface area contributed by atoms with Gasteiger partial charge in [0, 0.05) is 38.8 Å². The molecule has 0 saturated carbocycles. The highest BCUT2D eigenvalue weighted by molar-refractivity contribution is 5.73. The quantitative estimate of drug-likeness (QED) is 0.905. The summed E-state index contributed by atoms with van der Waals surface area (Å²) in [5.41, 5.74) is 2.32. The van der Waals surface area contributed by atoms with Gasteiger partial charge in [0.1, 0.15) is 0 Å². The van der Waals surface area contributed by atoms with Crippen molar-refractivity contribution in [3.05, 3.63) is 29.8 Å².